The van der Waals surface area contributed by atoms with Crippen molar-refractivity contribution in [1.29, 1.82) is 0 Å². The van der Waals surface area contributed by atoms with Crippen molar-refractivity contribution < 1.29 is 22.7 Å². The summed E-state index contributed by atoms with van der Waals surface area (Å²) >= 11 is 0. The number of halogens is 1. The molecule has 2 saturated heterocycles. The monoisotopic (exact) mass is 435 g/mol. The lowest BCUT2D eigenvalue weighted by Gasteiger charge is -2.25. The summed E-state index contributed by atoms with van der Waals surface area (Å²) in [6.07, 6.45) is 4.64. The molecule has 0 amide bonds. The molecule has 0 aliphatic carbocycles. The fourth-order valence-electron chi connectivity index (χ4n) is 3.94. The van der Waals surface area contributed by atoms with Gasteiger partial charge in [-0.3, -0.25) is 14.6 Å². The Hall–Kier alpha value is -1.13. The highest BCUT2D eigenvalue weighted by molar-refractivity contribution is 7.89. The van der Waals surface area contributed by atoms with Gasteiger partial charge in [0.1, 0.15) is 5.76 Å². The van der Waals surface area contributed by atoms with Crippen LogP contribution in [-0.2, 0) is 21.4 Å². The lowest BCUT2D eigenvalue weighted by Crippen LogP contribution is -2.36. The van der Waals surface area contributed by atoms with Crippen molar-refractivity contribution in [3.05, 3.63) is 17.9 Å². The molecule has 0 bridgehead atoms. The van der Waals surface area contributed by atoms with Crippen LogP contribution >= 0.6 is 12.4 Å². The van der Waals surface area contributed by atoms with Crippen molar-refractivity contribution in [2.24, 2.45) is 0 Å². The fourth-order valence-corrected chi connectivity index (χ4v) is 5.38. The third kappa shape index (κ3) is 5.70. The average molecular weight is 436 g/mol. The summed E-state index contributed by atoms with van der Waals surface area (Å²) in [6.45, 7) is 3.49. The zero-order chi connectivity index (χ0) is 19.4. The summed E-state index contributed by atoms with van der Waals surface area (Å²) < 4.78 is 32.3. The molecular weight excluding hydrogens is 406 g/mol. The summed E-state index contributed by atoms with van der Waals surface area (Å²) in [4.78, 5) is 15.1. The number of furan rings is 1. The van der Waals surface area contributed by atoms with E-state index in [1.807, 2.05) is 11.9 Å². The van der Waals surface area contributed by atoms with Gasteiger partial charge in [-0.05, 0) is 57.8 Å². The van der Waals surface area contributed by atoms with E-state index >= 15 is 0 Å². The number of carbonyl (C=O) groups is 1. The number of nitrogens with zero attached hydrogens (tertiary/aromatic N) is 3. The van der Waals surface area contributed by atoms with Crippen LogP contribution in [0.25, 0.3) is 0 Å². The topological polar surface area (TPSA) is 94.3 Å². The maximum absolute atomic E-state index is 12.6. The predicted octanol–water partition coefficient (Wildman–Crippen LogP) is 1.86. The van der Waals surface area contributed by atoms with Crippen molar-refractivity contribution >= 4 is 28.4 Å². The Morgan fingerprint density at radius 2 is 1.89 bits per heavy atom. The second kappa shape index (κ2) is 10.1. The number of carboxylic acid groups (broad SMARTS) is 1. The van der Waals surface area contributed by atoms with Crippen LogP contribution in [0.3, 0.4) is 0 Å². The third-order valence-electron chi connectivity index (χ3n) is 5.47. The first-order valence-electron chi connectivity index (χ1n) is 9.59. The molecule has 2 aliphatic rings. The van der Waals surface area contributed by atoms with Gasteiger partial charge in [0.15, 0.2) is 0 Å². The number of carboxylic acids is 1. The standard InChI is InChI=1S/C18H29N3O5S.ClH/c1-19(14-17(22)23)15-5-4-9-20(12-8-15)13-16-6-7-18(26-16)27(24,25)21-10-2-3-11-21;/h6-7,15H,2-5,8-14H2,1H3,(H,22,23);1H. The van der Waals surface area contributed by atoms with Crippen molar-refractivity contribution in [2.45, 2.75) is 49.8 Å². The minimum atomic E-state index is -3.51. The molecule has 1 N–H and O–H groups in total. The zero-order valence-corrected chi connectivity index (χ0v) is 17.9. The van der Waals surface area contributed by atoms with E-state index in [2.05, 4.69) is 4.90 Å². The van der Waals surface area contributed by atoms with E-state index in [9.17, 15) is 13.2 Å². The van der Waals surface area contributed by atoms with E-state index in [0.29, 0.717) is 25.4 Å². The van der Waals surface area contributed by atoms with Gasteiger partial charge in [-0.2, -0.15) is 4.31 Å². The molecule has 1 aromatic heterocycles. The molecule has 0 saturated carbocycles. The lowest BCUT2D eigenvalue weighted by molar-refractivity contribution is -0.138. The van der Waals surface area contributed by atoms with Gasteiger partial charge in [0.05, 0.1) is 13.1 Å². The number of hydrogen-bond acceptors (Lipinski definition) is 6. The minimum Gasteiger partial charge on any atom is -0.480 e. The Balaban J connectivity index is 0.00000280. The largest absolute Gasteiger partial charge is 0.480 e. The van der Waals surface area contributed by atoms with Gasteiger partial charge < -0.3 is 9.52 Å². The molecule has 8 nitrogen and oxygen atoms in total. The predicted molar refractivity (Wildman–Crippen MR) is 107 cm³/mol. The van der Waals surface area contributed by atoms with Crippen LogP contribution in [0.4, 0.5) is 0 Å². The SMILES string of the molecule is CN(CC(=O)O)C1CCCN(Cc2ccc(S(=O)(=O)N3CCCC3)o2)CC1.Cl. The van der Waals surface area contributed by atoms with Crippen LogP contribution in [0.1, 0.15) is 37.9 Å². The van der Waals surface area contributed by atoms with Crippen LogP contribution in [0.2, 0.25) is 0 Å². The summed E-state index contributed by atoms with van der Waals surface area (Å²) in [5, 5.41) is 9.00. The zero-order valence-electron chi connectivity index (χ0n) is 16.2. The molecule has 1 unspecified atom stereocenters. The van der Waals surface area contributed by atoms with Gasteiger partial charge in [0.2, 0.25) is 5.09 Å². The van der Waals surface area contributed by atoms with Crippen molar-refractivity contribution in [3.8, 4) is 0 Å². The summed E-state index contributed by atoms with van der Waals surface area (Å²) in [5.74, 6) is -0.147. The Kier molecular flexibility index (Phi) is 8.32. The number of rotatable bonds is 7. The highest BCUT2D eigenvalue weighted by Gasteiger charge is 2.30. The fraction of sp³-hybridized carbons (Fsp3) is 0.722. The molecule has 10 heteroatoms. The Bertz CT molecular complexity index is 748. The molecule has 0 aromatic carbocycles. The van der Waals surface area contributed by atoms with Gasteiger partial charge >= 0.3 is 5.97 Å². The molecule has 2 fully saturated rings. The number of sulfonamides is 1. The van der Waals surface area contributed by atoms with Crippen molar-refractivity contribution in [2.75, 3.05) is 39.8 Å². The van der Waals surface area contributed by atoms with Crippen LogP contribution in [0, 0.1) is 0 Å². The highest BCUT2D eigenvalue weighted by atomic mass is 35.5. The maximum atomic E-state index is 12.6. The first-order valence-corrected chi connectivity index (χ1v) is 11.0. The van der Waals surface area contributed by atoms with Crippen molar-refractivity contribution in [1.82, 2.24) is 14.1 Å². The molecule has 1 aromatic rings. The van der Waals surface area contributed by atoms with E-state index in [1.54, 1.807) is 12.1 Å². The molecule has 28 heavy (non-hydrogen) atoms. The van der Waals surface area contributed by atoms with Crippen LogP contribution in [0.15, 0.2) is 21.6 Å². The molecule has 1 atom stereocenters. The first kappa shape index (κ1) is 23.2. The van der Waals surface area contributed by atoms with E-state index in [1.165, 1.54) is 4.31 Å². The Labute approximate surface area is 172 Å². The maximum Gasteiger partial charge on any atom is 0.317 e. The minimum absolute atomic E-state index is 0. The summed E-state index contributed by atoms with van der Waals surface area (Å²) in [7, 11) is -1.65. The van der Waals surface area contributed by atoms with Gasteiger partial charge in [0.25, 0.3) is 10.0 Å². The van der Waals surface area contributed by atoms with E-state index < -0.39 is 16.0 Å². The summed E-state index contributed by atoms with van der Waals surface area (Å²) in [5.41, 5.74) is 0. The Morgan fingerprint density at radius 3 is 2.57 bits per heavy atom. The molecule has 3 heterocycles. The van der Waals surface area contributed by atoms with Crippen LogP contribution in [-0.4, -0.2) is 79.4 Å². The number of hydrogen-bond donors (Lipinski definition) is 1. The van der Waals surface area contributed by atoms with Gasteiger partial charge in [-0.1, -0.05) is 0 Å². The molecule has 2 aliphatic heterocycles. The molecule has 160 valence electrons. The van der Waals surface area contributed by atoms with Gasteiger partial charge in [-0.15, -0.1) is 12.4 Å². The second-order valence-corrected chi connectivity index (χ2v) is 9.37. The van der Waals surface area contributed by atoms with Crippen LogP contribution in [0.5, 0.6) is 0 Å². The summed E-state index contributed by atoms with van der Waals surface area (Å²) in [6, 6.07) is 3.57. The molecule has 0 spiro atoms. The normalized spacial score (nSPS) is 22.1. The molecular formula is C18H30ClN3O5S. The lowest BCUT2D eigenvalue weighted by atomic mass is 10.1. The number of likely N-dealkylation sites (N-methyl/N-ethyl adjacent to an activating group) is 1. The number of likely N-dealkylation sites (tertiary alicyclic amines) is 1. The quantitative estimate of drug-likeness (QED) is 0.698. The molecule has 3 rings (SSSR count). The third-order valence-corrected chi connectivity index (χ3v) is 7.25. The Morgan fingerprint density at radius 1 is 1.18 bits per heavy atom. The van der Waals surface area contributed by atoms with Gasteiger partial charge in [-0.25, -0.2) is 8.42 Å². The first-order chi connectivity index (χ1) is 12.9. The average Bonchev–Trinajstić information content (AvgIpc) is 3.24. The second-order valence-electron chi connectivity index (χ2n) is 7.50. The van der Waals surface area contributed by atoms with Gasteiger partial charge in [0, 0.05) is 25.7 Å². The number of aliphatic carboxylic acids is 1. The highest BCUT2D eigenvalue weighted by Crippen LogP contribution is 2.24. The van der Waals surface area contributed by atoms with E-state index in [0.717, 1.165) is 45.2 Å². The van der Waals surface area contributed by atoms with E-state index in [4.69, 9.17) is 9.52 Å². The van der Waals surface area contributed by atoms with E-state index in [-0.39, 0.29) is 30.1 Å². The smallest absolute Gasteiger partial charge is 0.317 e. The van der Waals surface area contributed by atoms with Crippen LogP contribution < -0.4 is 0 Å². The van der Waals surface area contributed by atoms with Crippen molar-refractivity contribution in [3.63, 3.8) is 0 Å². The molecule has 0 radical (unpaired) electrons.